The molecule has 2 N–H and O–H groups in total. The lowest BCUT2D eigenvalue weighted by Crippen LogP contribution is -2.08. The van der Waals surface area contributed by atoms with E-state index in [0.717, 1.165) is 10.1 Å². The summed E-state index contributed by atoms with van der Waals surface area (Å²) in [7, 11) is 0. The first-order valence-electron chi connectivity index (χ1n) is 4.92. The highest BCUT2D eigenvalue weighted by atomic mass is 32.1. The molecular formula is C12H13NOS. The Morgan fingerprint density at radius 2 is 2.13 bits per heavy atom. The van der Waals surface area contributed by atoms with Gasteiger partial charge in [-0.15, -0.1) is 11.3 Å². The predicted molar refractivity (Wildman–Crippen MR) is 64.4 cm³/mol. The number of fused-ring (bicyclic) bond motifs is 1. The van der Waals surface area contributed by atoms with Crippen molar-refractivity contribution in [3.05, 3.63) is 34.7 Å². The lowest BCUT2D eigenvalue weighted by molar-refractivity contribution is 0.100. The third kappa shape index (κ3) is 1.75. The number of nitrogens with two attached hydrogens (primary N) is 1. The van der Waals surface area contributed by atoms with E-state index < -0.39 is 0 Å². The van der Waals surface area contributed by atoms with E-state index >= 15 is 0 Å². The highest BCUT2D eigenvalue weighted by Gasteiger charge is 2.10. The van der Waals surface area contributed by atoms with Gasteiger partial charge in [-0.25, -0.2) is 0 Å². The minimum atomic E-state index is -0.342. The molecule has 0 aliphatic heterocycles. The van der Waals surface area contributed by atoms with Gasteiger partial charge in [-0.3, -0.25) is 4.79 Å². The molecule has 0 saturated heterocycles. The van der Waals surface area contributed by atoms with Crippen molar-refractivity contribution in [2.75, 3.05) is 0 Å². The van der Waals surface area contributed by atoms with E-state index in [2.05, 4.69) is 19.9 Å². The van der Waals surface area contributed by atoms with Gasteiger partial charge < -0.3 is 5.73 Å². The zero-order valence-electron chi connectivity index (χ0n) is 8.78. The van der Waals surface area contributed by atoms with Gasteiger partial charge in [-0.05, 0) is 29.0 Å². The third-order valence-electron chi connectivity index (χ3n) is 2.46. The summed E-state index contributed by atoms with van der Waals surface area (Å²) in [5, 5.41) is 1.16. The number of benzene rings is 1. The molecule has 1 heterocycles. The van der Waals surface area contributed by atoms with Crippen LogP contribution in [0.25, 0.3) is 10.1 Å². The maximum absolute atomic E-state index is 11.1. The number of amides is 1. The molecule has 0 aliphatic rings. The second-order valence-electron chi connectivity index (χ2n) is 3.89. The molecule has 0 unspecified atom stereocenters. The topological polar surface area (TPSA) is 43.1 Å². The van der Waals surface area contributed by atoms with Gasteiger partial charge in [0.1, 0.15) is 0 Å². The summed E-state index contributed by atoms with van der Waals surface area (Å²) in [5.41, 5.74) is 6.55. The van der Waals surface area contributed by atoms with Crippen molar-refractivity contribution in [2.24, 2.45) is 5.73 Å². The van der Waals surface area contributed by atoms with Crippen LogP contribution in [0.5, 0.6) is 0 Å². The molecule has 2 nitrogen and oxygen atoms in total. The molecule has 0 aliphatic carbocycles. The summed E-state index contributed by atoms with van der Waals surface area (Å²) in [6.45, 7) is 4.30. The molecule has 0 bridgehead atoms. The standard InChI is InChI=1S/C12H13NOS/c1-7(2)8-4-3-5-10-9(8)6-11(15-10)12(13)14/h3-7H,1-2H3,(H2,13,14). The third-order valence-corrected chi connectivity index (χ3v) is 3.57. The van der Waals surface area contributed by atoms with Crippen LogP contribution in [-0.2, 0) is 0 Å². The molecule has 0 atom stereocenters. The van der Waals surface area contributed by atoms with Crippen molar-refractivity contribution in [3.8, 4) is 0 Å². The summed E-state index contributed by atoms with van der Waals surface area (Å²) < 4.78 is 1.13. The van der Waals surface area contributed by atoms with Gasteiger partial charge in [-0.2, -0.15) is 0 Å². The first kappa shape index (κ1) is 10.2. The Balaban J connectivity index is 2.69. The average molecular weight is 219 g/mol. The maximum atomic E-state index is 11.1. The fourth-order valence-electron chi connectivity index (χ4n) is 1.71. The van der Waals surface area contributed by atoms with E-state index in [9.17, 15) is 4.79 Å². The van der Waals surface area contributed by atoms with Crippen LogP contribution in [0.15, 0.2) is 24.3 Å². The summed E-state index contributed by atoms with van der Waals surface area (Å²) in [6.07, 6.45) is 0. The van der Waals surface area contributed by atoms with E-state index in [4.69, 9.17) is 5.73 Å². The van der Waals surface area contributed by atoms with Gasteiger partial charge in [0.05, 0.1) is 4.88 Å². The van der Waals surface area contributed by atoms with Crippen LogP contribution in [0.2, 0.25) is 0 Å². The number of primary amides is 1. The SMILES string of the molecule is CC(C)c1cccc2sc(C(N)=O)cc12. The van der Waals surface area contributed by atoms with Crippen LogP contribution < -0.4 is 5.73 Å². The summed E-state index contributed by atoms with van der Waals surface area (Å²) in [5.74, 6) is 0.120. The zero-order chi connectivity index (χ0) is 11.0. The molecule has 15 heavy (non-hydrogen) atoms. The maximum Gasteiger partial charge on any atom is 0.258 e. The summed E-state index contributed by atoms with van der Waals surface area (Å²) in [6, 6.07) is 8.05. The number of rotatable bonds is 2. The highest BCUT2D eigenvalue weighted by molar-refractivity contribution is 7.20. The van der Waals surface area contributed by atoms with Gasteiger partial charge in [0.2, 0.25) is 0 Å². The fourth-order valence-corrected chi connectivity index (χ4v) is 2.66. The first-order valence-corrected chi connectivity index (χ1v) is 5.73. The largest absolute Gasteiger partial charge is 0.365 e. The molecule has 2 rings (SSSR count). The van der Waals surface area contributed by atoms with Gasteiger partial charge >= 0.3 is 0 Å². The van der Waals surface area contributed by atoms with Gasteiger partial charge in [0, 0.05) is 4.70 Å². The average Bonchev–Trinajstić information content (AvgIpc) is 2.60. The van der Waals surface area contributed by atoms with Crippen LogP contribution in [0.4, 0.5) is 0 Å². The monoisotopic (exact) mass is 219 g/mol. The van der Waals surface area contributed by atoms with E-state index in [1.165, 1.54) is 16.9 Å². The highest BCUT2D eigenvalue weighted by Crippen LogP contribution is 2.31. The Kier molecular flexibility index (Phi) is 2.49. The number of hydrogen-bond acceptors (Lipinski definition) is 2. The molecular weight excluding hydrogens is 206 g/mol. The van der Waals surface area contributed by atoms with Crippen molar-refractivity contribution in [1.82, 2.24) is 0 Å². The van der Waals surface area contributed by atoms with E-state index in [-0.39, 0.29) is 5.91 Å². The van der Waals surface area contributed by atoms with Crippen LogP contribution >= 0.6 is 11.3 Å². The Labute approximate surface area is 92.7 Å². The van der Waals surface area contributed by atoms with E-state index in [1.54, 1.807) is 0 Å². The smallest absolute Gasteiger partial charge is 0.258 e. The molecule has 3 heteroatoms. The molecule has 2 aromatic rings. The first-order chi connectivity index (χ1) is 7.09. The van der Waals surface area contributed by atoms with Crippen LogP contribution in [0.3, 0.4) is 0 Å². The second kappa shape index (κ2) is 3.66. The Bertz CT molecular complexity index is 513. The normalized spacial score (nSPS) is 11.1. The molecule has 1 aromatic carbocycles. The van der Waals surface area contributed by atoms with Crippen molar-refractivity contribution >= 4 is 27.3 Å². The molecule has 1 aromatic heterocycles. The number of carbonyl (C=O) groups excluding carboxylic acids is 1. The quantitative estimate of drug-likeness (QED) is 0.828. The van der Waals surface area contributed by atoms with E-state index in [1.807, 2.05) is 18.2 Å². The minimum absolute atomic E-state index is 0.342. The number of carbonyl (C=O) groups is 1. The summed E-state index contributed by atoms with van der Waals surface area (Å²) >= 11 is 1.46. The fraction of sp³-hybridized carbons (Fsp3) is 0.250. The Morgan fingerprint density at radius 3 is 2.73 bits per heavy atom. The molecule has 1 amide bonds. The summed E-state index contributed by atoms with van der Waals surface area (Å²) in [4.78, 5) is 11.7. The molecule has 78 valence electrons. The lowest BCUT2D eigenvalue weighted by atomic mass is 9.99. The van der Waals surface area contributed by atoms with Crippen LogP contribution in [0, 0.1) is 0 Å². The van der Waals surface area contributed by atoms with Crippen LogP contribution in [0.1, 0.15) is 35.0 Å². The van der Waals surface area contributed by atoms with Crippen molar-refractivity contribution in [2.45, 2.75) is 19.8 Å². The van der Waals surface area contributed by atoms with Gasteiger partial charge in [-0.1, -0.05) is 26.0 Å². The lowest BCUT2D eigenvalue weighted by Gasteiger charge is -2.05. The van der Waals surface area contributed by atoms with Gasteiger partial charge in [0.25, 0.3) is 5.91 Å². The number of thiophene rings is 1. The van der Waals surface area contributed by atoms with Crippen molar-refractivity contribution in [1.29, 1.82) is 0 Å². The Hall–Kier alpha value is -1.35. The Morgan fingerprint density at radius 1 is 1.40 bits per heavy atom. The molecule has 0 saturated carbocycles. The van der Waals surface area contributed by atoms with E-state index in [0.29, 0.717) is 10.8 Å². The van der Waals surface area contributed by atoms with Crippen molar-refractivity contribution < 1.29 is 4.79 Å². The minimum Gasteiger partial charge on any atom is -0.365 e. The second-order valence-corrected chi connectivity index (χ2v) is 4.97. The molecule has 0 spiro atoms. The molecule has 0 radical (unpaired) electrons. The van der Waals surface area contributed by atoms with Crippen LogP contribution in [-0.4, -0.2) is 5.91 Å². The molecule has 0 fully saturated rings. The van der Waals surface area contributed by atoms with Crippen molar-refractivity contribution in [3.63, 3.8) is 0 Å². The number of hydrogen-bond donors (Lipinski definition) is 1. The zero-order valence-corrected chi connectivity index (χ0v) is 9.60. The predicted octanol–water partition coefficient (Wildman–Crippen LogP) is 3.12. The van der Waals surface area contributed by atoms with Gasteiger partial charge in [0.15, 0.2) is 0 Å².